The molecule has 2 aliphatic rings. The number of carbonyl (C=O) groups is 1. The van der Waals surface area contributed by atoms with Gasteiger partial charge < -0.3 is 20.7 Å². The average Bonchev–Trinajstić information content (AvgIpc) is 2.55. The summed E-state index contributed by atoms with van der Waals surface area (Å²) in [6, 6.07) is 5.74. The van der Waals surface area contributed by atoms with E-state index in [1.54, 1.807) is 0 Å². The summed E-state index contributed by atoms with van der Waals surface area (Å²) in [5.74, 6) is -0.0130. The van der Waals surface area contributed by atoms with Gasteiger partial charge in [0.05, 0.1) is 17.5 Å². The molecule has 0 bridgehead atoms. The Hall–Kier alpha value is -1.75. The van der Waals surface area contributed by atoms with E-state index >= 15 is 0 Å². The first kappa shape index (κ1) is 14.2. The van der Waals surface area contributed by atoms with Crippen LogP contribution in [0.3, 0.4) is 0 Å². The van der Waals surface area contributed by atoms with Gasteiger partial charge in [0.2, 0.25) is 0 Å². The molecular weight excluding hydrogens is 266 g/mol. The van der Waals surface area contributed by atoms with E-state index in [1.165, 1.54) is 12.8 Å². The fraction of sp³-hybridized carbons (Fsp3) is 0.562. The molecule has 1 atom stereocenters. The van der Waals surface area contributed by atoms with E-state index in [-0.39, 0.29) is 5.91 Å². The number of fused-ring (bicyclic) bond motifs is 1. The lowest BCUT2D eigenvalue weighted by Gasteiger charge is -2.22. The van der Waals surface area contributed by atoms with Crippen molar-refractivity contribution in [1.82, 2.24) is 5.32 Å². The van der Waals surface area contributed by atoms with Crippen molar-refractivity contribution < 1.29 is 9.53 Å². The van der Waals surface area contributed by atoms with Crippen LogP contribution in [0.4, 0.5) is 11.4 Å². The van der Waals surface area contributed by atoms with E-state index in [4.69, 9.17) is 4.74 Å². The first-order valence-electron chi connectivity index (χ1n) is 7.84. The molecule has 2 aliphatic heterocycles. The molecule has 1 fully saturated rings. The van der Waals surface area contributed by atoms with Gasteiger partial charge in [-0.3, -0.25) is 4.79 Å². The second-order valence-corrected chi connectivity index (χ2v) is 5.65. The highest BCUT2D eigenvalue weighted by molar-refractivity contribution is 5.96. The van der Waals surface area contributed by atoms with Gasteiger partial charge in [0.25, 0.3) is 5.91 Å². The Balaban J connectivity index is 1.50. The maximum absolute atomic E-state index is 12.2. The molecule has 5 nitrogen and oxygen atoms in total. The Morgan fingerprint density at radius 1 is 1.24 bits per heavy atom. The maximum Gasteiger partial charge on any atom is 0.251 e. The third-order valence-corrected chi connectivity index (χ3v) is 4.06. The van der Waals surface area contributed by atoms with E-state index in [2.05, 4.69) is 16.0 Å². The molecule has 3 N–H and O–H groups in total. The third kappa shape index (κ3) is 3.67. The highest BCUT2D eigenvalue weighted by atomic mass is 16.5. The summed E-state index contributed by atoms with van der Waals surface area (Å²) in [6.45, 7) is 3.34. The van der Waals surface area contributed by atoms with Crippen LogP contribution >= 0.6 is 0 Å². The third-order valence-electron chi connectivity index (χ3n) is 4.06. The Morgan fingerprint density at radius 3 is 2.90 bits per heavy atom. The number of hydrogen-bond acceptors (Lipinski definition) is 4. The van der Waals surface area contributed by atoms with Crippen LogP contribution in [0.2, 0.25) is 0 Å². The minimum atomic E-state index is -0.0130. The summed E-state index contributed by atoms with van der Waals surface area (Å²) >= 11 is 0. The van der Waals surface area contributed by atoms with Crippen molar-refractivity contribution in [2.75, 3.05) is 36.9 Å². The Kier molecular flexibility index (Phi) is 4.60. The Morgan fingerprint density at radius 2 is 2.10 bits per heavy atom. The summed E-state index contributed by atoms with van der Waals surface area (Å²) in [4.78, 5) is 12.2. The van der Waals surface area contributed by atoms with Gasteiger partial charge in [-0.05, 0) is 43.9 Å². The van der Waals surface area contributed by atoms with Crippen LogP contribution in [0.25, 0.3) is 0 Å². The maximum atomic E-state index is 12.2. The van der Waals surface area contributed by atoms with E-state index < -0.39 is 0 Å². The Labute approximate surface area is 125 Å². The smallest absolute Gasteiger partial charge is 0.251 e. The van der Waals surface area contributed by atoms with Crippen LogP contribution in [0.5, 0.6) is 0 Å². The molecule has 0 radical (unpaired) electrons. The summed E-state index contributed by atoms with van der Waals surface area (Å²) in [7, 11) is 0. The summed E-state index contributed by atoms with van der Waals surface area (Å²) in [5.41, 5.74) is 2.77. The lowest BCUT2D eigenvalue weighted by atomic mass is 10.1. The second kappa shape index (κ2) is 6.80. The van der Waals surface area contributed by atoms with Gasteiger partial charge in [0.15, 0.2) is 0 Å². The monoisotopic (exact) mass is 289 g/mol. The van der Waals surface area contributed by atoms with Gasteiger partial charge in [0.1, 0.15) is 0 Å². The molecule has 3 rings (SSSR count). The van der Waals surface area contributed by atoms with E-state index in [1.807, 2.05) is 18.2 Å². The second-order valence-electron chi connectivity index (χ2n) is 5.65. The zero-order chi connectivity index (χ0) is 14.5. The van der Waals surface area contributed by atoms with Crippen molar-refractivity contribution in [2.45, 2.75) is 31.8 Å². The first-order valence-corrected chi connectivity index (χ1v) is 7.84. The number of amides is 1. The fourth-order valence-corrected chi connectivity index (χ4v) is 2.86. The number of hydrogen-bond donors (Lipinski definition) is 3. The zero-order valence-electron chi connectivity index (χ0n) is 12.3. The number of benzene rings is 1. The molecule has 114 valence electrons. The summed E-state index contributed by atoms with van der Waals surface area (Å²) in [5, 5.41) is 9.59. The van der Waals surface area contributed by atoms with Crippen LogP contribution in [0.1, 0.15) is 36.0 Å². The molecule has 1 saturated heterocycles. The van der Waals surface area contributed by atoms with Crippen molar-refractivity contribution in [3.8, 4) is 0 Å². The zero-order valence-corrected chi connectivity index (χ0v) is 12.3. The SMILES string of the molecule is O=C(NCCC1CCCCO1)c1ccc2c(c1)NCCN2. The quantitative estimate of drug-likeness (QED) is 0.795. The van der Waals surface area contributed by atoms with Gasteiger partial charge in [-0.1, -0.05) is 0 Å². The molecule has 1 aromatic carbocycles. The highest BCUT2D eigenvalue weighted by Crippen LogP contribution is 2.25. The predicted molar refractivity (Wildman–Crippen MR) is 84.0 cm³/mol. The molecule has 0 aliphatic carbocycles. The van der Waals surface area contributed by atoms with Crippen molar-refractivity contribution in [3.05, 3.63) is 23.8 Å². The van der Waals surface area contributed by atoms with Crippen molar-refractivity contribution in [2.24, 2.45) is 0 Å². The van der Waals surface area contributed by atoms with Gasteiger partial charge in [0, 0.05) is 31.8 Å². The molecule has 0 saturated carbocycles. The van der Waals surface area contributed by atoms with Crippen LogP contribution < -0.4 is 16.0 Å². The lowest BCUT2D eigenvalue weighted by molar-refractivity contribution is 0.0117. The lowest BCUT2D eigenvalue weighted by Crippen LogP contribution is -2.29. The van der Waals surface area contributed by atoms with E-state index in [0.717, 1.165) is 43.9 Å². The van der Waals surface area contributed by atoms with E-state index in [0.29, 0.717) is 18.2 Å². The topological polar surface area (TPSA) is 62.4 Å². The molecule has 2 heterocycles. The number of ether oxygens (including phenoxy) is 1. The number of nitrogens with one attached hydrogen (secondary N) is 3. The highest BCUT2D eigenvalue weighted by Gasteiger charge is 2.15. The molecule has 1 unspecified atom stereocenters. The minimum Gasteiger partial charge on any atom is -0.382 e. The van der Waals surface area contributed by atoms with Gasteiger partial charge >= 0.3 is 0 Å². The molecule has 1 aromatic rings. The minimum absolute atomic E-state index is 0.0130. The van der Waals surface area contributed by atoms with E-state index in [9.17, 15) is 4.79 Å². The molecule has 0 spiro atoms. The number of rotatable bonds is 4. The summed E-state index contributed by atoms with van der Waals surface area (Å²) < 4.78 is 5.67. The summed E-state index contributed by atoms with van der Waals surface area (Å²) in [6.07, 6.45) is 4.73. The number of carbonyl (C=O) groups excluding carboxylic acids is 1. The largest absolute Gasteiger partial charge is 0.382 e. The van der Waals surface area contributed by atoms with Gasteiger partial charge in [-0.25, -0.2) is 0 Å². The molecular formula is C16H23N3O2. The molecule has 1 amide bonds. The number of anilines is 2. The van der Waals surface area contributed by atoms with Crippen LogP contribution in [-0.4, -0.2) is 38.3 Å². The first-order chi connectivity index (χ1) is 10.3. The van der Waals surface area contributed by atoms with Crippen LogP contribution in [0, 0.1) is 0 Å². The molecule has 0 aromatic heterocycles. The fourth-order valence-electron chi connectivity index (χ4n) is 2.86. The van der Waals surface area contributed by atoms with Crippen LogP contribution in [-0.2, 0) is 4.74 Å². The normalized spacial score (nSPS) is 20.9. The van der Waals surface area contributed by atoms with Crippen molar-refractivity contribution in [3.63, 3.8) is 0 Å². The predicted octanol–water partition coefficient (Wildman–Crippen LogP) is 2.21. The molecule has 21 heavy (non-hydrogen) atoms. The van der Waals surface area contributed by atoms with Gasteiger partial charge in [-0.15, -0.1) is 0 Å². The standard InChI is InChI=1S/C16H23N3O2/c20-16(19-7-6-13-3-1-2-10-21-13)12-4-5-14-15(11-12)18-9-8-17-14/h4-5,11,13,17-18H,1-3,6-10H2,(H,19,20). The average molecular weight is 289 g/mol. The van der Waals surface area contributed by atoms with Gasteiger partial charge in [-0.2, -0.15) is 0 Å². The van der Waals surface area contributed by atoms with Crippen molar-refractivity contribution in [1.29, 1.82) is 0 Å². The molecule has 5 heteroatoms. The van der Waals surface area contributed by atoms with Crippen LogP contribution in [0.15, 0.2) is 18.2 Å². The Bertz CT molecular complexity index is 498. The van der Waals surface area contributed by atoms with Crippen molar-refractivity contribution >= 4 is 17.3 Å².